The first kappa shape index (κ1) is 13.8. The van der Waals surface area contributed by atoms with Crippen LogP contribution in [0.5, 0.6) is 0 Å². The third-order valence-electron chi connectivity index (χ3n) is 3.53. The van der Waals surface area contributed by atoms with Crippen molar-refractivity contribution in [3.8, 4) is 0 Å². The lowest BCUT2D eigenvalue weighted by Gasteiger charge is -2.15. The number of halogens is 2. The third-order valence-corrected chi connectivity index (χ3v) is 3.74. The van der Waals surface area contributed by atoms with Crippen molar-refractivity contribution in [3.05, 3.63) is 62.5 Å². The molecule has 0 saturated heterocycles. The smallest absolute Gasteiger partial charge is 0.311 e. The predicted molar refractivity (Wildman–Crippen MR) is 77.0 cm³/mol. The molecule has 2 aromatic rings. The molecule has 1 aromatic carbocycles. The van der Waals surface area contributed by atoms with Gasteiger partial charge < -0.3 is 5.32 Å². The molecule has 0 bridgehead atoms. The van der Waals surface area contributed by atoms with Crippen molar-refractivity contribution in [1.29, 1.82) is 0 Å². The van der Waals surface area contributed by atoms with E-state index < -0.39 is 4.92 Å². The molecule has 1 aromatic heterocycles. The number of nitro groups is 1. The molecule has 5 nitrogen and oxygen atoms in total. The van der Waals surface area contributed by atoms with Gasteiger partial charge in [0, 0.05) is 6.07 Å². The molecule has 1 heterocycles. The Morgan fingerprint density at radius 1 is 1.38 bits per heavy atom. The van der Waals surface area contributed by atoms with Crippen molar-refractivity contribution < 1.29 is 9.31 Å². The molecule has 1 N–H and O–H groups in total. The average molecular weight is 308 g/mol. The summed E-state index contributed by atoms with van der Waals surface area (Å²) in [4.78, 5) is 14.5. The molecule has 1 aliphatic rings. The Labute approximate surface area is 124 Å². The molecule has 0 saturated carbocycles. The number of hydrogen-bond donors (Lipinski definition) is 1. The first-order valence-electron chi connectivity index (χ1n) is 6.40. The molecular weight excluding hydrogens is 297 g/mol. The number of aryl methyl sites for hydroxylation is 1. The fourth-order valence-electron chi connectivity index (χ4n) is 2.57. The lowest BCUT2D eigenvalue weighted by atomic mass is 10.1. The molecule has 7 heteroatoms. The normalized spacial score (nSPS) is 16.6. The predicted octanol–water partition coefficient (Wildman–Crippen LogP) is 3.88. The number of aromatic nitrogens is 1. The second-order valence-electron chi connectivity index (χ2n) is 4.84. The summed E-state index contributed by atoms with van der Waals surface area (Å²) < 4.78 is 13.4. The maximum absolute atomic E-state index is 13.4. The van der Waals surface area contributed by atoms with Crippen molar-refractivity contribution in [2.24, 2.45) is 0 Å². The number of pyridine rings is 1. The highest BCUT2D eigenvalue weighted by Gasteiger charge is 2.26. The molecule has 1 aliphatic carbocycles. The van der Waals surface area contributed by atoms with E-state index >= 15 is 0 Å². The van der Waals surface area contributed by atoms with Gasteiger partial charge in [-0.1, -0.05) is 17.7 Å². The fraction of sp³-hybridized carbons (Fsp3) is 0.214. The van der Waals surface area contributed by atoms with Crippen LogP contribution in [-0.2, 0) is 6.42 Å². The molecule has 1 atom stereocenters. The van der Waals surface area contributed by atoms with Crippen LogP contribution in [0.2, 0.25) is 5.15 Å². The molecular formula is C14H11ClFN3O2. The first-order valence-corrected chi connectivity index (χ1v) is 6.78. The van der Waals surface area contributed by atoms with Gasteiger partial charge in [-0.25, -0.2) is 9.37 Å². The molecule has 3 rings (SSSR count). The number of nitrogens with zero attached hydrogens (tertiary/aromatic N) is 2. The summed E-state index contributed by atoms with van der Waals surface area (Å²) in [6.45, 7) is 0. The van der Waals surface area contributed by atoms with E-state index in [1.165, 1.54) is 24.3 Å². The lowest BCUT2D eigenvalue weighted by Crippen LogP contribution is -2.10. The summed E-state index contributed by atoms with van der Waals surface area (Å²) in [6, 6.07) is 7.08. The summed E-state index contributed by atoms with van der Waals surface area (Å²) in [5, 5.41) is 14.2. The highest BCUT2D eigenvalue weighted by atomic mass is 35.5. The van der Waals surface area contributed by atoms with Gasteiger partial charge in [0.25, 0.3) is 0 Å². The summed E-state index contributed by atoms with van der Waals surface area (Å²) >= 11 is 5.80. The van der Waals surface area contributed by atoms with E-state index in [2.05, 4.69) is 10.3 Å². The van der Waals surface area contributed by atoms with Crippen LogP contribution in [-0.4, -0.2) is 9.91 Å². The number of rotatable bonds is 3. The van der Waals surface area contributed by atoms with Gasteiger partial charge >= 0.3 is 5.69 Å². The number of benzene rings is 1. The Kier molecular flexibility index (Phi) is 3.47. The Bertz CT molecular complexity index is 723. The standard InChI is InChI=1S/C14H11ClFN3O2/c15-13-6-5-12(19(20)21)14(18-13)17-11-4-2-8-1-3-9(16)7-10(8)11/h1,3,5-7,11H,2,4H2,(H,17,18)/t11-/m1/s1. The SMILES string of the molecule is O=[N+]([O-])c1ccc(Cl)nc1N[C@@H]1CCc2ccc(F)cc21. The van der Waals surface area contributed by atoms with E-state index in [9.17, 15) is 14.5 Å². The highest BCUT2D eigenvalue weighted by molar-refractivity contribution is 6.29. The molecule has 0 spiro atoms. The maximum Gasteiger partial charge on any atom is 0.311 e. The second-order valence-corrected chi connectivity index (χ2v) is 5.22. The van der Waals surface area contributed by atoms with Crippen molar-refractivity contribution in [2.45, 2.75) is 18.9 Å². The minimum absolute atomic E-state index is 0.106. The van der Waals surface area contributed by atoms with Crippen molar-refractivity contribution in [2.75, 3.05) is 5.32 Å². The minimum atomic E-state index is -0.521. The van der Waals surface area contributed by atoms with Gasteiger partial charge in [0.15, 0.2) is 0 Å². The summed E-state index contributed by atoms with van der Waals surface area (Å²) in [5.41, 5.74) is 1.70. The van der Waals surface area contributed by atoms with Gasteiger partial charge in [-0.15, -0.1) is 0 Å². The van der Waals surface area contributed by atoms with Crippen molar-refractivity contribution >= 4 is 23.1 Å². The van der Waals surface area contributed by atoms with E-state index in [-0.39, 0.29) is 28.5 Å². The Morgan fingerprint density at radius 2 is 2.19 bits per heavy atom. The van der Waals surface area contributed by atoms with Gasteiger partial charge in [-0.3, -0.25) is 10.1 Å². The average Bonchev–Trinajstić information content (AvgIpc) is 2.81. The topological polar surface area (TPSA) is 68.1 Å². The first-order chi connectivity index (χ1) is 10.0. The number of fused-ring (bicyclic) bond motifs is 1. The van der Waals surface area contributed by atoms with Crippen LogP contribution in [0.1, 0.15) is 23.6 Å². The minimum Gasteiger partial charge on any atom is -0.357 e. The van der Waals surface area contributed by atoms with Gasteiger partial charge in [0.2, 0.25) is 5.82 Å². The monoisotopic (exact) mass is 307 g/mol. The van der Waals surface area contributed by atoms with Crippen LogP contribution in [0.15, 0.2) is 30.3 Å². The van der Waals surface area contributed by atoms with Gasteiger partial charge in [-0.05, 0) is 42.2 Å². The Balaban J connectivity index is 1.94. The molecule has 0 aliphatic heterocycles. The fourth-order valence-corrected chi connectivity index (χ4v) is 2.72. The van der Waals surface area contributed by atoms with E-state index in [0.29, 0.717) is 0 Å². The van der Waals surface area contributed by atoms with E-state index in [1.807, 2.05) is 0 Å². The van der Waals surface area contributed by atoms with Crippen LogP contribution in [0.4, 0.5) is 15.9 Å². The van der Waals surface area contributed by atoms with Gasteiger partial charge in [-0.2, -0.15) is 0 Å². The van der Waals surface area contributed by atoms with Crippen molar-refractivity contribution in [3.63, 3.8) is 0 Å². The second kappa shape index (κ2) is 5.29. The van der Waals surface area contributed by atoms with Crippen LogP contribution >= 0.6 is 11.6 Å². The molecule has 0 fully saturated rings. The van der Waals surface area contributed by atoms with Crippen molar-refractivity contribution in [1.82, 2.24) is 4.98 Å². The molecule has 21 heavy (non-hydrogen) atoms. The van der Waals surface area contributed by atoms with E-state index in [1.54, 1.807) is 6.07 Å². The summed E-state index contributed by atoms with van der Waals surface area (Å²) in [5.74, 6) is -0.217. The van der Waals surface area contributed by atoms with Crippen LogP contribution < -0.4 is 5.32 Å². The zero-order valence-electron chi connectivity index (χ0n) is 10.8. The van der Waals surface area contributed by atoms with Gasteiger partial charge in [0.05, 0.1) is 11.0 Å². The molecule has 0 radical (unpaired) electrons. The zero-order valence-corrected chi connectivity index (χ0v) is 11.6. The van der Waals surface area contributed by atoms with Gasteiger partial charge in [0.1, 0.15) is 11.0 Å². The summed E-state index contributed by atoms with van der Waals surface area (Å²) in [7, 11) is 0. The Hall–Kier alpha value is -2.21. The summed E-state index contributed by atoms with van der Waals surface area (Å²) in [6.07, 6.45) is 1.52. The zero-order chi connectivity index (χ0) is 15.0. The van der Waals surface area contributed by atoms with Crippen LogP contribution in [0.25, 0.3) is 0 Å². The highest BCUT2D eigenvalue weighted by Crippen LogP contribution is 2.36. The number of nitrogens with one attached hydrogen (secondary N) is 1. The Morgan fingerprint density at radius 3 is 2.95 bits per heavy atom. The quantitative estimate of drug-likeness (QED) is 0.531. The third kappa shape index (κ3) is 2.67. The number of hydrogen-bond acceptors (Lipinski definition) is 4. The van der Waals surface area contributed by atoms with E-state index in [4.69, 9.17) is 11.6 Å². The van der Waals surface area contributed by atoms with E-state index in [0.717, 1.165) is 24.0 Å². The van der Waals surface area contributed by atoms with Crippen LogP contribution in [0.3, 0.4) is 0 Å². The van der Waals surface area contributed by atoms with Crippen LogP contribution in [0, 0.1) is 15.9 Å². The largest absolute Gasteiger partial charge is 0.357 e. The lowest BCUT2D eigenvalue weighted by molar-refractivity contribution is -0.384. The maximum atomic E-state index is 13.4. The molecule has 0 amide bonds. The number of anilines is 1. The molecule has 108 valence electrons. The molecule has 0 unspecified atom stereocenters.